The molecule has 2 N–H and O–H groups in total. The number of nitrogens with zero attached hydrogens (tertiary/aromatic N) is 3. The van der Waals surface area contributed by atoms with Gasteiger partial charge in [-0.15, -0.1) is 0 Å². The molecule has 0 bridgehead atoms. The highest BCUT2D eigenvalue weighted by Crippen LogP contribution is 2.23. The molecule has 7 heteroatoms. The minimum Gasteiger partial charge on any atom is -0.342 e. The predicted octanol–water partition coefficient (Wildman–Crippen LogP) is 2.64. The lowest BCUT2D eigenvalue weighted by Crippen LogP contribution is -2.28. The topological polar surface area (TPSA) is 83.6 Å². The van der Waals surface area contributed by atoms with Crippen LogP contribution >= 0.6 is 11.6 Å². The summed E-state index contributed by atoms with van der Waals surface area (Å²) in [6, 6.07) is 3.04. The number of aromatic amines is 1. The van der Waals surface area contributed by atoms with E-state index in [1.54, 1.807) is 12.1 Å². The summed E-state index contributed by atoms with van der Waals surface area (Å²) in [7, 11) is 0. The SMILES string of the molecule is CC(NC(=O)c1cc(Cl)nc(C(C)(C)C)c1)c1ncn[nH]1. The predicted molar refractivity (Wildman–Crippen MR) is 80.2 cm³/mol. The molecule has 21 heavy (non-hydrogen) atoms. The average molecular weight is 308 g/mol. The molecule has 1 atom stereocenters. The van der Waals surface area contributed by atoms with Gasteiger partial charge in [-0.2, -0.15) is 5.10 Å². The second-order valence-corrected chi connectivity index (χ2v) is 6.27. The molecule has 0 aliphatic rings. The standard InChI is InChI=1S/C14H18ClN5O/c1-8(12-16-7-17-20-12)18-13(21)9-5-10(14(2,3)4)19-11(15)6-9/h5-8H,1-4H3,(H,18,21)(H,16,17,20). The molecule has 112 valence electrons. The third-order valence-electron chi connectivity index (χ3n) is 3.02. The van der Waals surface area contributed by atoms with Crippen molar-refractivity contribution in [3.63, 3.8) is 0 Å². The van der Waals surface area contributed by atoms with E-state index in [2.05, 4.69) is 25.5 Å². The first-order chi connectivity index (χ1) is 9.77. The summed E-state index contributed by atoms with van der Waals surface area (Å²) in [6.07, 6.45) is 1.40. The molecule has 0 radical (unpaired) electrons. The maximum absolute atomic E-state index is 12.3. The van der Waals surface area contributed by atoms with Crippen LogP contribution < -0.4 is 5.32 Å². The van der Waals surface area contributed by atoms with Crippen LogP contribution in [0.15, 0.2) is 18.5 Å². The molecule has 0 aliphatic carbocycles. The summed E-state index contributed by atoms with van der Waals surface area (Å²) in [5.41, 5.74) is 1.06. The number of nitrogens with one attached hydrogen (secondary N) is 2. The third kappa shape index (κ3) is 3.78. The number of carbonyl (C=O) groups is 1. The lowest BCUT2D eigenvalue weighted by Gasteiger charge is -2.19. The van der Waals surface area contributed by atoms with Gasteiger partial charge in [0.05, 0.1) is 6.04 Å². The van der Waals surface area contributed by atoms with Crippen molar-refractivity contribution in [2.75, 3.05) is 0 Å². The summed E-state index contributed by atoms with van der Waals surface area (Å²) in [5.74, 6) is 0.369. The van der Waals surface area contributed by atoms with E-state index in [1.807, 2.05) is 27.7 Å². The Hall–Kier alpha value is -1.95. The van der Waals surface area contributed by atoms with Crippen LogP contribution in [0, 0.1) is 0 Å². The summed E-state index contributed by atoms with van der Waals surface area (Å²) in [5, 5.41) is 9.64. The van der Waals surface area contributed by atoms with Gasteiger partial charge in [0, 0.05) is 16.7 Å². The molecule has 0 aromatic carbocycles. The van der Waals surface area contributed by atoms with Gasteiger partial charge in [0.15, 0.2) is 0 Å². The van der Waals surface area contributed by atoms with Gasteiger partial charge in [-0.05, 0) is 19.1 Å². The van der Waals surface area contributed by atoms with E-state index < -0.39 is 0 Å². The van der Waals surface area contributed by atoms with E-state index in [0.29, 0.717) is 16.5 Å². The van der Waals surface area contributed by atoms with Gasteiger partial charge in [-0.1, -0.05) is 32.4 Å². The first-order valence-corrected chi connectivity index (χ1v) is 6.99. The molecule has 2 rings (SSSR count). The number of carbonyl (C=O) groups excluding carboxylic acids is 1. The molecule has 0 saturated heterocycles. The van der Waals surface area contributed by atoms with Crippen LogP contribution in [0.2, 0.25) is 5.15 Å². The Bertz CT molecular complexity index is 633. The summed E-state index contributed by atoms with van der Waals surface area (Å²) < 4.78 is 0. The Kier molecular flexibility index (Phi) is 4.27. The lowest BCUT2D eigenvalue weighted by atomic mass is 9.91. The highest BCUT2D eigenvalue weighted by Gasteiger charge is 2.20. The normalized spacial score (nSPS) is 13.0. The van der Waals surface area contributed by atoms with Gasteiger partial charge in [0.25, 0.3) is 5.91 Å². The number of H-pyrrole nitrogens is 1. The summed E-state index contributed by atoms with van der Waals surface area (Å²) >= 11 is 6.02. The number of aromatic nitrogens is 4. The first-order valence-electron chi connectivity index (χ1n) is 6.61. The fourth-order valence-corrected chi connectivity index (χ4v) is 1.99. The Balaban J connectivity index is 2.21. The number of pyridine rings is 1. The smallest absolute Gasteiger partial charge is 0.252 e. The van der Waals surface area contributed by atoms with Crippen molar-refractivity contribution >= 4 is 17.5 Å². The zero-order valence-corrected chi connectivity index (χ0v) is 13.2. The summed E-state index contributed by atoms with van der Waals surface area (Å²) in [6.45, 7) is 7.88. The molecule has 6 nitrogen and oxygen atoms in total. The Morgan fingerprint density at radius 1 is 1.38 bits per heavy atom. The first kappa shape index (κ1) is 15.4. The van der Waals surface area contributed by atoms with Crippen molar-refractivity contribution in [2.45, 2.75) is 39.2 Å². The fraction of sp³-hybridized carbons (Fsp3) is 0.429. The van der Waals surface area contributed by atoms with E-state index in [-0.39, 0.29) is 17.4 Å². The fourth-order valence-electron chi connectivity index (χ4n) is 1.78. The number of hydrogen-bond acceptors (Lipinski definition) is 4. The minimum absolute atomic E-state index is 0.184. The number of halogens is 1. The zero-order chi connectivity index (χ0) is 15.6. The molecule has 2 aromatic rings. The van der Waals surface area contributed by atoms with Crippen LogP contribution in [0.3, 0.4) is 0 Å². The molecule has 2 heterocycles. The molecule has 0 fully saturated rings. The Morgan fingerprint density at radius 3 is 2.67 bits per heavy atom. The van der Waals surface area contributed by atoms with Gasteiger partial charge in [-0.3, -0.25) is 9.89 Å². The third-order valence-corrected chi connectivity index (χ3v) is 3.21. The van der Waals surface area contributed by atoms with Crippen molar-refractivity contribution in [3.05, 3.63) is 40.7 Å². The highest BCUT2D eigenvalue weighted by atomic mass is 35.5. The molecule has 2 aromatic heterocycles. The van der Waals surface area contributed by atoms with Gasteiger partial charge in [-0.25, -0.2) is 9.97 Å². The highest BCUT2D eigenvalue weighted by molar-refractivity contribution is 6.29. The van der Waals surface area contributed by atoms with Crippen LogP contribution in [0.1, 0.15) is 55.6 Å². The van der Waals surface area contributed by atoms with Crippen LogP contribution in [0.5, 0.6) is 0 Å². The second kappa shape index (κ2) is 5.81. The van der Waals surface area contributed by atoms with Crippen molar-refractivity contribution < 1.29 is 4.79 Å². The van der Waals surface area contributed by atoms with E-state index in [0.717, 1.165) is 5.69 Å². The maximum atomic E-state index is 12.3. The number of hydrogen-bond donors (Lipinski definition) is 2. The molecular weight excluding hydrogens is 290 g/mol. The van der Waals surface area contributed by atoms with Gasteiger partial charge in [0.1, 0.15) is 17.3 Å². The van der Waals surface area contributed by atoms with Crippen molar-refractivity contribution in [1.29, 1.82) is 0 Å². The van der Waals surface area contributed by atoms with Crippen LogP contribution in [-0.4, -0.2) is 26.1 Å². The second-order valence-electron chi connectivity index (χ2n) is 5.88. The van der Waals surface area contributed by atoms with Crippen molar-refractivity contribution in [1.82, 2.24) is 25.5 Å². The Morgan fingerprint density at radius 2 is 2.10 bits per heavy atom. The van der Waals surface area contributed by atoms with E-state index in [1.165, 1.54) is 6.33 Å². The zero-order valence-electron chi connectivity index (χ0n) is 12.4. The van der Waals surface area contributed by atoms with Crippen molar-refractivity contribution in [2.24, 2.45) is 0 Å². The molecular formula is C14H18ClN5O. The largest absolute Gasteiger partial charge is 0.342 e. The van der Waals surface area contributed by atoms with Crippen LogP contribution in [-0.2, 0) is 5.41 Å². The monoisotopic (exact) mass is 307 g/mol. The van der Waals surface area contributed by atoms with E-state index in [9.17, 15) is 4.79 Å². The summed E-state index contributed by atoms with van der Waals surface area (Å²) in [4.78, 5) is 20.6. The molecule has 1 amide bonds. The van der Waals surface area contributed by atoms with Crippen LogP contribution in [0.4, 0.5) is 0 Å². The average Bonchev–Trinajstić information content (AvgIpc) is 2.90. The molecule has 0 spiro atoms. The lowest BCUT2D eigenvalue weighted by molar-refractivity contribution is 0.0938. The van der Waals surface area contributed by atoms with Gasteiger partial charge >= 0.3 is 0 Å². The van der Waals surface area contributed by atoms with Gasteiger partial charge < -0.3 is 5.32 Å². The molecule has 1 unspecified atom stereocenters. The van der Waals surface area contributed by atoms with E-state index in [4.69, 9.17) is 11.6 Å². The Labute approximate surface area is 128 Å². The maximum Gasteiger partial charge on any atom is 0.252 e. The molecule has 0 saturated carbocycles. The quantitative estimate of drug-likeness (QED) is 0.854. The number of amides is 1. The van der Waals surface area contributed by atoms with Crippen molar-refractivity contribution in [3.8, 4) is 0 Å². The van der Waals surface area contributed by atoms with Gasteiger partial charge in [0.2, 0.25) is 0 Å². The van der Waals surface area contributed by atoms with E-state index >= 15 is 0 Å². The minimum atomic E-state index is -0.273. The van der Waals surface area contributed by atoms with Crippen LogP contribution in [0.25, 0.3) is 0 Å². The molecule has 0 aliphatic heterocycles. The number of rotatable bonds is 3.